The quantitative estimate of drug-likeness (QED) is 0.691. The number of halogens is 1. The number of benzene rings is 2. The molecule has 0 saturated carbocycles. The Bertz CT molecular complexity index is 776. The Labute approximate surface area is 170 Å². The topological polar surface area (TPSA) is 70.7 Å². The number of hydrogen-bond donors (Lipinski definition) is 2. The number of amides is 3. The van der Waals surface area contributed by atoms with Crippen LogP contribution in [0.5, 0.6) is 5.75 Å². The molecule has 150 valence electrons. The Morgan fingerprint density at radius 2 is 1.71 bits per heavy atom. The molecule has 0 aliphatic heterocycles. The van der Waals surface area contributed by atoms with E-state index in [-0.39, 0.29) is 11.9 Å². The molecule has 0 bridgehead atoms. The van der Waals surface area contributed by atoms with Crippen molar-refractivity contribution in [2.75, 3.05) is 32.1 Å². The first-order valence-electron chi connectivity index (χ1n) is 9.14. The average molecular weight is 404 g/mol. The van der Waals surface area contributed by atoms with Crippen LogP contribution >= 0.6 is 11.6 Å². The van der Waals surface area contributed by atoms with Crippen molar-refractivity contribution in [1.29, 1.82) is 0 Å². The van der Waals surface area contributed by atoms with E-state index >= 15 is 0 Å². The number of anilines is 1. The number of carbonyl (C=O) groups excluding carboxylic acids is 2. The summed E-state index contributed by atoms with van der Waals surface area (Å²) in [6, 6.07) is 13.6. The van der Waals surface area contributed by atoms with E-state index < -0.39 is 0 Å². The van der Waals surface area contributed by atoms with Gasteiger partial charge in [0.15, 0.2) is 0 Å². The molecule has 0 atom stereocenters. The van der Waals surface area contributed by atoms with Gasteiger partial charge in [-0.05, 0) is 54.4 Å². The van der Waals surface area contributed by atoms with Crippen LogP contribution in [0.4, 0.5) is 10.5 Å². The van der Waals surface area contributed by atoms with Gasteiger partial charge in [0.1, 0.15) is 12.4 Å². The first kappa shape index (κ1) is 21.6. The molecule has 0 saturated heterocycles. The summed E-state index contributed by atoms with van der Waals surface area (Å²) in [6.45, 7) is 5.48. The fraction of sp³-hybridized carbons (Fsp3) is 0.333. The highest BCUT2D eigenvalue weighted by Crippen LogP contribution is 2.15. The van der Waals surface area contributed by atoms with Crippen LogP contribution in [0.3, 0.4) is 0 Å². The summed E-state index contributed by atoms with van der Waals surface area (Å²) in [4.78, 5) is 25.8. The lowest BCUT2D eigenvalue weighted by Crippen LogP contribution is -2.34. The van der Waals surface area contributed by atoms with E-state index in [9.17, 15) is 9.59 Å². The molecule has 7 heteroatoms. The van der Waals surface area contributed by atoms with Gasteiger partial charge in [0.2, 0.25) is 0 Å². The number of rotatable bonds is 8. The summed E-state index contributed by atoms with van der Waals surface area (Å²) in [5.41, 5.74) is 1.18. The van der Waals surface area contributed by atoms with Gasteiger partial charge in [-0.15, -0.1) is 0 Å². The van der Waals surface area contributed by atoms with Crippen LogP contribution in [0.2, 0.25) is 5.02 Å². The Morgan fingerprint density at radius 1 is 1.07 bits per heavy atom. The molecular weight excluding hydrogens is 378 g/mol. The first-order chi connectivity index (χ1) is 13.3. The number of likely N-dealkylation sites (N-methyl/N-ethyl adjacent to an activating group) is 1. The Balaban J connectivity index is 1.77. The predicted octanol–water partition coefficient (Wildman–Crippen LogP) is 4.27. The lowest BCUT2D eigenvalue weighted by molar-refractivity contribution is 0.0949. The van der Waals surface area contributed by atoms with Gasteiger partial charge in [0, 0.05) is 29.9 Å². The van der Waals surface area contributed by atoms with E-state index in [1.165, 1.54) is 4.90 Å². The van der Waals surface area contributed by atoms with Crippen molar-refractivity contribution in [3.8, 4) is 5.75 Å². The predicted molar refractivity (Wildman–Crippen MR) is 112 cm³/mol. The summed E-state index contributed by atoms with van der Waals surface area (Å²) in [5.74, 6) is 0.967. The summed E-state index contributed by atoms with van der Waals surface area (Å²) >= 11 is 5.83. The number of nitrogens with zero attached hydrogens (tertiary/aromatic N) is 1. The Hall–Kier alpha value is -2.73. The molecule has 0 fully saturated rings. The van der Waals surface area contributed by atoms with Crippen LogP contribution in [0.25, 0.3) is 0 Å². The zero-order chi connectivity index (χ0) is 20.5. The van der Waals surface area contributed by atoms with Crippen LogP contribution in [-0.2, 0) is 0 Å². The second kappa shape index (κ2) is 10.6. The highest BCUT2D eigenvalue weighted by atomic mass is 35.5. The van der Waals surface area contributed by atoms with Gasteiger partial charge >= 0.3 is 6.03 Å². The number of ether oxygens (including phenoxy) is 1. The molecule has 2 aromatic carbocycles. The van der Waals surface area contributed by atoms with E-state index in [1.54, 1.807) is 55.6 Å². The fourth-order valence-electron chi connectivity index (χ4n) is 2.26. The van der Waals surface area contributed by atoms with Crippen LogP contribution in [0.1, 0.15) is 24.2 Å². The fourth-order valence-corrected chi connectivity index (χ4v) is 2.38. The van der Waals surface area contributed by atoms with Crippen molar-refractivity contribution in [1.82, 2.24) is 10.2 Å². The normalized spacial score (nSPS) is 10.5. The van der Waals surface area contributed by atoms with E-state index in [4.69, 9.17) is 16.3 Å². The summed E-state index contributed by atoms with van der Waals surface area (Å²) in [5, 5.41) is 6.30. The molecule has 0 aliphatic rings. The third-order valence-corrected chi connectivity index (χ3v) is 4.18. The molecule has 3 amide bonds. The average Bonchev–Trinajstić information content (AvgIpc) is 2.68. The van der Waals surface area contributed by atoms with Gasteiger partial charge in [-0.3, -0.25) is 4.79 Å². The highest BCUT2D eigenvalue weighted by Gasteiger charge is 2.10. The van der Waals surface area contributed by atoms with Gasteiger partial charge in [0.05, 0.1) is 6.54 Å². The number of nitrogens with one attached hydrogen (secondary N) is 2. The minimum atomic E-state index is -0.253. The summed E-state index contributed by atoms with van der Waals surface area (Å²) < 4.78 is 5.59. The molecule has 2 aromatic rings. The van der Waals surface area contributed by atoms with Gasteiger partial charge < -0.3 is 20.3 Å². The monoisotopic (exact) mass is 403 g/mol. The number of hydrogen-bond acceptors (Lipinski definition) is 3. The van der Waals surface area contributed by atoms with Crippen molar-refractivity contribution in [2.45, 2.75) is 13.8 Å². The maximum absolute atomic E-state index is 12.3. The minimum absolute atomic E-state index is 0.122. The minimum Gasteiger partial charge on any atom is -0.492 e. The summed E-state index contributed by atoms with van der Waals surface area (Å²) in [7, 11) is 1.69. The maximum Gasteiger partial charge on any atom is 0.321 e. The number of carbonyl (C=O) groups is 2. The molecule has 0 spiro atoms. The molecule has 2 N–H and O–H groups in total. The second-order valence-corrected chi connectivity index (χ2v) is 7.27. The lowest BCUT2D eigenvalue weighted by Gasteiger charge is -2.18. The van der Waals surface area contributed by atoms with Crippen LogP contribution in [0, 0.1) is 5.92 Å². The van der Waals surface area contributed by atoms with Gasteiger partial charge in [0.25, 0.3) is 5.91 Å². The SMILES string of the molecule is CC(C)CNC(=O)c1ccc(NC(=O)N(C)CCOc2ccc(Cl)cc2)cc1. The maximum atomic E-state index is 12.3. The Morgan fingerprint density at radius 3 is 2.32 bits per heavy atom. The summed E-state index contributed by atoms with van der Waals surface area (Å²) in [6.07, 6.45) is 0. The van der Waals surface area contributed by atoms with Crippen molar-refractivity contribution in [2.24, 2.45) is 5.92 Å². The van der Waals surface area contributed by atoms with E-state index in [0.29, 0.717) is 47.6 Å². The van der Waals surface area contributed by atoms with Gasteiger partial charge in [-0.25, -0.2) is 4.79 Å². The molecule has 0 aromatic heterocycles. The van der Waals surface area contributed by atoms with Gasteiger partial charge in [-0.1, -0.05) is 25.4 Å². The third kappa shape index (κ3) is 7.12. The lowest BCUT2D eigenvalue weighted by atomic mass is 10.1. The van der Waals surface area contributed by atoms with Crippen molar-refractivity contribution >= 4 is 29.2 Å². The van der Waals surface area contributed by atoms with Crippen molar-refractivity contribution in [3.05, 3.63) is 59.1 Å². The van der Waals surface area contributed by atoms with Crippen LogP contribution in [-0.4, -0.2) is 43.6 Å². The first-order valence-corrected chi connectivity index (χ1v) is 9.51. The zero-order valence-corrected chi connectivity index (χ0v) is 17.1. The van der Waals surface area contributed by atoms with Crippen LogP contribution in [0.15, 0.2) is 48.5 Å². The number of urea groups is 1. The molecule has 0 unspecified atom stereocenters. The largest absolute Gasteiger partial charge is 0.492 e. The van der Waals surface area contributed by atoms with Crippen molar-refractivity contribution in [3.63, 3.8) is 0 Å². The Kier molecular flexibility index (Phi) is 8.14. The highest BCUT2D eigenvalue weighted by molar-refractivity contribution is 6.30. The van der Waals surface area contributed by atoms with Crippen molar-refractivity contribution < 1.29 is 14.3 Å². The van der Waals surface area contributed by atoms with E-state index in [0.717, 1.165) is 0 Å². The molecule has 28 heavy (non-hydrogen) atoms. The molecule has 2 rings (SSSR count). The third-order valence-electron chi connectivity index (χ3n) is 3.92. The van der Waals surface area contributed by atoms with E-state index in [1.807, 2.05) is 13.8 Å². The second-order valence-electron chi connectivity index (χ2n) is 6.84. The molecule has 6 nitrogen and oxygen atoms in total. The zero-order valence-electron chi connectivity index (χ0n) is 16.4. The smallest absolute Gasteiger partial charge is 0.321 e. The molecule has 0 aliphatic carbocycles. The van der Waals surface area contributed by atoms with Crippen LogP contribution < -0.4 is 15.4 Å². The molecule has 0 radical (unpaired) electrons. The standard InChI is InChI=1S/C21H26ClN3O3/c1-15(2)14-23-20(26)16-4-8-18(9-5-16)24-21(27)25(3)12-13-28-19-10-6-17(22)7-11-19/h4-11,15H,12-14H2,1-3H3,(H,23,26)(H,24,27). The molecule has 0 heterocycles. The molecular formula is C21H26ClN3O3. The van der Waals surface area contributed by atoms with Gasteiger partial charge in [-0.2, -0.15) is 0 Å². The van der Waals surface area contributed by atoms with E-state index in [2.05, 4.69) is 10.6 Å².